The average molecular weight is 460 g/mol. The van der Waals surface area contributed by atoms with E-state index in [1.165, 1.54) is 27.6 Å². The van der Waals surface area contributed by atoms with Crippen LogP contribution in [0.4, 0.5) is 4.39 Å². The number of piperidine rings is 1. The van der Waals surface area contributed by atoms with Gasteiger partial charge < -0.3 is 4.90 Å². The van der Waals surface area contributed by atoms with Gasteiger partial charge in [-0.1, -0.05) is 24.3 Å². The van der Waals surface area contributed by atoms with Crippen LogP contribution in [0.15, 0.2) is 53.4 Å². The Bertz CT molecular complexity index is 1050. The summed E-state index contributed by atoms with van der Waals surface area (Å²) < 4.78 is 40.5. The van der Waals surface area contributed by atoms with Gasteiger partial charge in [0.2, 0.25) is 15.9 Å². The second-order valence-electron chi connectivity index (χ2n) is 8.68. The summed E-state index contributed by atoms with van der Waals surface area (Å²) in [5.41, 5.74) is 2.58. The molecular weight excluding hydrogens is 429 g/mol. The van der Waals surface area contributed by atoms with E-state index in [9.17, 15) is 17.6 Å². The summed E-state index contributed by atoms with van der Waals surface area (Å²) in [7, 11) is -3.74. The van der Waals surface area contributed by atoms with Crippen LogP contribution in [0, 0.1) is 18.7 Å². The highest BCUT2D eigenvalue weighted by atomic mass is 32.2. The third kappa shape index (κ3) is 5.03. The molecule has 4 rings (SSSR count). The van der Waals surface area contributed by atoms with E-state index >= 15 is 0 Å². The number of hydrogen-bond donors (Lipinski definition) is 0. The molecule has 0 radical (unpaired) electrons. The number of amides is 1. The normalized spacial score (nSPS) is 20.9. The van der Waals surface area contributed by atoms with E-state index in [1.54, 1.807) is 0 Å². The van der Waals surface area contributed by atoms with Gasteiger partial charge >= 0.3 is 0 Å². The molecule has 2 heterocycles. The van der Waals surface area contributed by atoms with E-state index in [4.69, 9.17) is 0 Å². The van der Waals surface area contributed by atoms with Crippen molar-refractivity contribution in [3.05, 3.63) is 65.5 Å². The Balaban J connectivity index is 1.34. The third-order valence-corrected chi connectivity index (χ3v) is 8.40. The fraction of sp³-hybridized carbons (Fsp3) is 0.458. The minimum atomic E-state index is -3.74. The number of sulfonamides is 1. The van der Waals surface area contributed by atoms with Crippen LogP contribution in [-0.2, 0) is 21.4 Å². The van der Waals surface area contributed by atoms with Gasteiger partial charge in [-0.3, -0.25) is 9.69 Å². The Morgan fingerprint density at radius 2 is 1.69 bits per heavy atom. The first kappa shape index (κ1) is 22.9. The summed E-state index contributed by atoms with van der Waals surface area (Å²) in [5, 5.41) is 0. The van der Waals surface area contributed by atoms with E-state index < -0.39 is 15.8 Å². The molecule has 1 unspecified atom stereocenters. The van der Waals surface area contributed by atoms with Crippen LogP contribution in [0.3, 0.4) is 0 Å². The predicted octanol–water partition coefficient (Wildman–Crippen LogP) is 2.88. The van der Waals surface area contributed by atoms with Gasteiger partial charge in [-0.2, -0.15) is 4.31 Å². The van der Waals surface area contributed by atoms with Crippen molar-refractivity contribution in [2.75, 3.05) is 39.3 Å². The van der Waals surface area contributed by atoms with E-state index in [2.05, 4.69) is 30.0 Å². The number of aryl methyl sites for hydroxylation is 1. The number of rotatable bonds is 5. The molecule has 2 aliphatic heterocycles. The fourth-order valence-corrected chi connectivity index (χ4v) is 6.05. The second kappa shape index (κ2) is 9.68. The van der Waals surface area contributed by atoms with Crippen molar-refractivity contribution in [3.63, 3.8) is 0 Å². The molecule has 8 heteroatoms. The molecule has 0 spiro atoms. The molecule has 2 aromatic carbocycles. The van der Waals surface area contributed by atoms with E-state index in [0.717, 1.165) is 31.8 Å². The molecule has 0 aliphatic carbocycles. The van der Waals surface area contributed by atoms with Crippen molar-refractivity contribution in [1.82, 2.24) is 14.1 Å². The molecule has 2 aromatic rings. The van der Waals surface area contributed by atoms with Gasteiger partial charge in [0.1, 0.15) is 5.82 Å². The maximum absolute atomic E-state index is 13.2. The van der Waals surface area contributed by atoms with Crippen LogP contribution in [0.25, 0.3) is 0 Å². The van der Waals surface area contributed by atoms with Crippen molar-refractivity contribution >= 4 is 15.9 Å². The highest BCUT2D eigenvalue weighted by Gasteiger charge is 2.35. The van der Waals surface area contributed by atoms with Gasteiger partial charge in [-0.25, -0.2) is 12.8 Å². The topological polar surface area (TPSA) is 60.9 Å². The molecule has 0 N–H and O–H groups in total. The Hall–Kier alpha value is -2.29. The zero-order valence-electron chi connectivity index (χ0n) is 18.4. The number of nitrogens with zero attached hydrogens (tertiary/aromatic N) is 3. The SMILES string of the molecule is Cc1ccccc1CN1CCN(C(=O)C2CCCN(S(=O)(=O)c3ccc(F)cc3)C2)CC1. The first-order valence-corrected chi connectivity index (χ1v) is 12.6. The quantitative estimate of drug-likeness (QED) is 0.690. The number of carbonyl (C=O) groups is 1. The monoisotopic (exact) mass is 459 g/mol. The van der Waals surface area contributed by atoms with E-state index in [0.29, 0.717) is 32.5 Å². The number of halogens is 1. The minimum absolute atomic E-state index is 0.0412. The van der Waals surface area contributed by atoms with Gasteiger partial charge in [0.25, 0.3) is 0 Å². The molecule has 1 amide bonds. The lowest BCUT2D eigenvalue weighted by Gasteiger charge is -2.38. The van der Waals surface area contributed by atoms with Crippen molar-refractivity contribution in [1.29, 1.82) is 0 Å². The first-order chi connectivity index (χ1) is 15.3. The molecule has 2 aliphatic rings. The minimum Gasteiger partial charge on any atom is -0.340 e. The van der Waals surface area contributed by atoms with Gasteiger partial charge in [-0.15, -0.1) is 0 Å². The lowest BCUT2D eigenvalue weighted by Crippen LogP contribution is -2.52. The summed E-state index contributed by atoms with van der Waals surface area (Å²) in [6.07, 6.45) is 1.34. The standard InChI is InChI=1S/C24H30FN3O3S/c1-19-5-2-3-6-20(19)17-26-13-15-27(16-14-26)24(29)21-7-4-12-28(18-21)32(30,31)23-10-8-22(25)9-11-23/h2-3,5-6,8-11,21H,4,7,12-18H2,1H3. The summed E-state index contributed by atoms with van der Waals surface area (Å²) in [5.74, 6) is -0.765. The zero-order chi connectivity index (χ0) is 22.7. The van der Waals surface area contributed by atoms with Gasteiger partial charge in [0.05, 0.1) is 10.8 Å². The van der Waals surface area contributed by atoms with Crippen molar-refractivity contribution < 1.29 is 17.6 Å². The summed E-state index contributed by atoms with van der Waals surface area (Å²) in [6, 6.07) is 13.2. The highest BCUT2D eigenvalue weighted by Crippen LogP contribution is 2.26. The molecule has 0 saturated carbocycles. The predicted molar refractivity (Wildman–Crippen MR) is 121 cm³/mol. The second-order valence-corrected chi connectivity index (χ2v) is 10.6. The molecule has 0 aromatic heterocycles. The van der Waals surface area contributed by atoms with Gasteiger partial charge in [0.15, 0.2) is 0 Å². The lowest BCUT2D eigenvalue weighted by atomic mass is 9.97. The highest BCUT2D eigenvalue weighted by molar-refractivity contribution is 7.89. The van der Waals surface area contributed by atoms with Crippen LogP contribution in [0.2, 0.25) is 0 Å². The number of hydrogen-bond acceptors (Lipinski definition) is 4. The zero-order valence-corrected chi connectivity index (χ0v) is 19.2. The first-order valence-electron chi connectivity index (χ1n) is 11.2. The van der Waals surface area contributed by atoms with Crippen LogP contribution in [0.5, 0.6) is 0 Å². The largest absolute Gasteiger partial charge is 0.340 e. The third-order valence-electron chi connectivity index (χ3n) is 6.52. The Morgan fingerprint density at radius 1 is 1.00 bits per heavy atom. The van der Waals surface area contributed by atoms with Crippen LogP contribution in [0.1, 0.15) is 24.0 Å². The molecule has 6 nitrogen and oxygen atoms in total. The average Bonchev–Trinajstić information content (AvgIpc) is 2.81. The van der Waals surface area contributed by atoms with Crippen LogP contribution < -0.4 is 0 Å². The number of piperazine rings is 1. The Kier molecular flexibility index (Phi) is 6.93. The van der Waals surface area contributed by atoms with Crippen molar-refractivity contribution in [3.8, 4) is 0 Å². The molecule has 172 valence electrons. The molecule has 1 atom stereocenters. The van der Waals surface area contributed by atoms with Crippen LogP contribution >= 0.6 is 0 Å². The van der Waals surface area contributed by atoms with E-state index in [1.807, 2.05) is 11.0 Å². The van der Waals surface area contributed by atoms with Gasteiger partial charge in [-0.05, 0) is 55.2 Å². The molecular formula is C24H30FN3O3S. The summed E-state index contributed by atoms with van der Waals surface area (Å²) >= 11 is 0. The maximum Gasteiger partial charge on any atom is 0.243 e. The Labute approximate surface area is 189 Å². The van der Waals surface area contributed by atoms with E-state index in [-0.39, 0.29) is 23.3 Å². The van der Waals surface area contributed by atoms with Crippen molar-refractivity contribution in [2.24, 2.45) is 5.92 Å². The lowest BCUT2D eigenvalue weighted by molar-refractivity contribution is -0.138. The maximum atomic E-state index is 13.2. The van der Waals surface area contributed by atoms with Gasteiger partial charge in [0, 0.05) is 45.8 Å². The smallest absolute Gasteiger partial charge is 0.243 e. The Morgan fingerprint density at radius 3 is 2.38 bits per heavy atom. The van der Waals surface area contributed by atoms with Crippen molar-refractivity contribution in [2.45, 2.75) is 31.2 Å². The molecule has 2 saturated heterocycles. The van der Waals surface area contributed by atoms with Crippen LogP contribution in [-0.4, -0.2) is 67.7 Å². The molecule has 32 heavy (non-hydrogen) atoms. The molecule has 0 bridgehead atoms. The summed E-state index contributed by atoms with van der Waals surface area (Å²) in [6.45, 7) is 6.49. The number of benzene rings is 2. The summed E-state index contributed by atoms with van der Waals surface area (Å²) in [4.78, 5) is 17.5. The fourth-order valence-electron chi connectivity index (χ4n) is 4.53. The number of carbonyl (C=O) groups excluding carboxylic acids is 1. The molecule has 2 fully saturated rings.